The van der Waals surface area contributed by atoms with Gasteiger partial charge in [-0.1, -0.05) is 0 Å². The second-order valence-corrected chi connectivity index (χ2v) is 3.59. The molecule has 0 saturated carbocycles. The van der Waals surface area contributed by atoms with Crippen molar-refractivity contribution in [1.82, 2.24) is 10.6 Å². The highest BCUT2D eigenvalue weighted by molar-refractivity contribution is 5.90. The summed E-state index contributed by atoms with van der Waals surface area (Å²) in [5.74, 6) is -1.82. The van der Waals surface area contributed by atoms with E-state index >= 15 is 0 Å². The van der Waals surface area contributed by atoms with Crippen LogP contribution in [-0.2, 0) is 14.4 Å². The Kier molecular flexibility index (Phi) is 4.24. The minimum atomic E-state index is -1.47. The van der Waals surface area contributed by atoms with E-state index in [2.05, 4.69) is 10.6 Å². The number of nitrogens with one attached hydrogen (secondary N) is 2. The molecule has 7 heteroatoms. The van der Waals surface area contributed by atoms with E-state index in [1.54, 1.807) is 0 Å². The van der Waals surface area contributed by atoms with E-state index in [0.717, 1.165) is 0 Å². The summed E-state index contributed by atoms with van der Waals surface area (Å²) < 4.78 is 0. The summed E-state index contributed by atoms with van der Waals surface area (Å²) in [6.45, 7) is 0.0681. The zero-order valence-corrected chi connectivity index (χ0v) is 8.60. The number of carboxylic acids is 1. The predicted octanol–water partition coefficient (Wildman–Crippen LogP) is -1.78. The Morgan fingerprint density at radius 1 is 1.56 bits per heavy atom. The van der Waals surface area contributed by atoms with Gasteiger partial charge in [-0.15, -0.1) is 0 Å². The van der Waals surface area contributed by atoms with Crippen LogP contribution in [-0.4, -0.2) is 46.7 Å². The second kappa shape index (κ2) is 5.45. The Hall–Kier alpha value is -1.63. The first-order chi connectivity index (χ1) is 7.50. The zero-order valence-electron chi connectivity index (χ0n) is 8.60. The van der Waals surface area contributed by atoms with Crippen molar-refractivity contribution in [3.05, 3.63) is 0 Å². The van der Waals surface area contributed by atoms with E-state index in [0.29, 0.717) is 12.8 Å². The van der Waals surface area contributed by atoms with Crippen LogP contribution in [0, 0.1) is 0 Å². The third-order valence-electron chi connectivity index (χ3n) is 2.31. The van der Waals surface area contributed by atoms with Gasteiger partial charge >= 0.3 is 5.97 Å². The molecule has 90 valence electrons. The summed E-state index contributed by atoms with van der Waals surface area (Å²) in [6, 6.07) is -0.533. The van der Waals surface area contributed by atoms with Crippen LogP contribution in [0.5, 0.6) is 0 Å². The van der Waals surface area contributed by atoms with Crippen molar-refractivity contribution in [2.45, 2.75) is 31.4 Å². The maximum absolute atomic E-state index is 11.4. The molecule has 1 aliphatic rings. The summed E-state index contributed by atoms with van der Waals surface area (Å²) in [4.78, 5) is 32.5. The van der Waals surface area contributed by atoms with Gasteiger partial charge in [-0.3, -0.25) is 9.59 Å². The lowest BCUT2D eigenvalue weighted by molar-refractivity contribution is -0.147. The minimum Gasteiger partial charge on any atom is -0.479 e. The molecule has 0 aromatic carbocycles. The summed E-state index contributed by atoms with van der Waals surface area (Å²) in [5, 5.41) is 22.2. The van der Waals surface area contributed by atoms with Crippen molar-refractivity contribution in [1.29, 1.82) is 0 Å². The van der Waals surface area contributed by atoms with Crippen molar-refractivity contribution in [2.24, 2.45) is 0 Å². The summed E-state index contributed by atoms with van der Waals surface area (Å²) >= 11 is 0. The SMILES string of the molecule is O=C1CC[C@@H](C(=O)NCC[C@H](O)C(=O)O)N1. The molecule has 0 aromatic heterocycles. The Bertz CT molecular complexity index is 304. The van der Waals surface area contributed by atoms with E-state index in [-0.39, 0.29) is 24.8 Å². The average molecular weight is 230 g/mol. The van der Waals surface area contributed by atoms with E-state index in [9.17, 15) is 14.4 Å². The van der Waals surface area contributed by atoms with Crippen LogP contribution in [0.4, 0.5) is 0 Å². The highest BCUT2D eigenvalue weighted by Crippen LogP contribution is 2.06. The molecule has 1 aliphatic heterocycles. The van der Waals surface area contributed by atoms with Gasteiger partial charge in [0.05, 0.1) is 0 Å². The Labute approximate surface area is 91.8 Å². The first-order valence-electron chi connectivity index (χ1n) is 4.98. The van der Waals surface area contributed by atoms with Gasteiger partial charge in [-0.05, 0) is 6.42 Å². The number of carboxylic acid groups (broad SMARTS) is 1. The van der Waals surface area contributed by atoms with Crippen LogP contribution in [0.25, 0.3) is 0 Å². The summed E-state index contributed by atoms with van der Waals surface area (Å²) in [6.07, 6.45) is -0.748. The molecule has 1 rings (SSSR count). The fourth-order valence-electron chi connectivity index (χ4n) is 1.39. The van der Waals surface area contributed by atoms with Crippen LogP contribution in [0.15, 0.2) is 0 Å². The molecular formula is C9H14N2O5. The van der Waals surface area contributed by atoms with Gasteiger partial charge in [0.1, 0.15) is 6.04 Å². The van der Waals surface area contributed by atoms with Crippen molar-refractivity contribution in [3.63, 3.8) is 0 Å². The lowest BCUT2D eigenvalue weighted by Crippen LogP contribution is -2.42. The van der Waals surface area contributed by atoms with Gasteiger partial charge in [0, 0.05) is 19.4 Å². The summed E-state index contributed by atoms with van der Waals surface area (Å²) in [5.41, 5.74) is 0. The number of hydrogen-bond acceptors (Lipinski definition) is 4. The molecule has 0 unspecified atom stereocenters. The molecule has 4 N–H and O–H groups in total. The normalized spacial score (nSPS) is 21.3. The van der Waals surface area contributed by atoms with Crippen LogP contribution in [0.3, 0.4) is 0 Å². The number of aliphatic hydroxyl groups excluding tert-OH is 1. The van der Waals surface area contributed by atoms with Crippen molar-refractivity contribution >= 4 is 17.8 Å². The lowest BCUT2D eigenvalue weighted by Gasteiger charge is -2.11. The molecule has 2 atom stereocenters. The highest BCUT2D eigenvalue weighted by atomic mass is 16.4. The molecule has 16 heavy (non-hydrogen) atoms. The van der Waals surface area contributed by atoms with E-state index in [1.165, 1.54) is 0 Å². The number of aliphatic carboxylic acids is 1. The number of amides is 2. The monoisotopic (exact) mass is 230 g/mol. The molecule has 1 fully saturated rings. The molecule has 0 aromatic rings. The van der Waals surface area contributed by atoms with E-state index < -0.39 is 18.1 Å². The van der Waals surface area contributed by atoms with Crippen molar-refractivity contribution in [2.75, 3.05) is 6.54 Å². The lowest BCUT2D eigenvalue weighted by atomic mass is 10.2. The van der Waals surface area contributed by atoms with Crippen LogP contribution < -0.4 is 10.6 Å². The molecule has 1 saturated heterocycles. The van der Waals surface area contributed by atoms with Gasteiger partial charge in [0.2, 0.25) is 11.8 Å². The van der Waals surface area contributed by atoms with Crippen molar-refractivity contribution < 1.29 is 24.6 Å². The van der Waals surface area contributed by atoms with Gasteiger partial charge in [-0.2, -0.15) is 0 Å². The number of aliphatic hydroxyl groups is 1. The Balaban J connectivity index is 2.20. The predicted molar refractivity (Wildman–Crippen MR) is 52.4 cm³/mol. The largest absolute Gasteiger partial charge is 0.479 e. The Morgan fingerprint density at radius 3 is 2.75 bits per heavy atom. The van der Waals surface area contributed by atoms with Gasteiger partial charge < -0.3 is 20.8 Å². The maximum atomic E-state index is 11.4. The number of rotatable bonds is 5. The van der Waals surface area contributed by atoms with E-state index in [1.807, 2.05) is 0 Å². The number of carbonyl (C=O) groups excluding carboxylic acids is 2. The number of carbonyl (C=O) groups is 3. The molecule has 1 heterocycles. The standard InChI is InChI=1S/C9H14N2O5/c12-6(9(15)16)3-4-10-8(14)5-1-2-7(13)11-5/h5-6,12H,1-4H2,(H,10,14)(H,11,13)(H,15,16)/t5-,6-/m0/s1. The molecule has 0 radical (unpaired) electrons. The van der Waals surface area contributed by atoms with Gasteiger partial charge in [0.25, 0.3) is 0 Å². The molecule has 0 bridgehead atoms. The molecule has 0 aliphatic carbocycles. The first kappa shape index (κ1) is 12.4. The summed E-state index contributed by atoms with van der Waals surface area (Å²) in [7, 11) is 0. The smallest absolute Gasteiger partial charge is 0.332 e. The van der Waals surface area contributed by atoms with Crippen molar-refractivity contribution in [3.8, 4) is 0 Å². The van der Waals surface area contributed by atoms with E-state index in [4.69, 9.17) is 10.2 Å². The van der Waals surface area contributed by atoms with Crippen LogP contribution in [0.2, 0.25) is 0 Å². The topological polar surface area (TPSA) is 116 Å². The molecular weight excluding hydrogens is 216 g/mol. The third kappa shape index (κ3) is 3.50. The van der Waals surface area contributed by atoms with Gasteiger partial charge in [0.15, 0.2) is 6.10 Å². The molecule has 7 nitrogen and oxygen atoms in total. The zero-order chi connectivity index (χ0) is 12.1. The maximum Gasteiger partial charge on any atom is 0.332 e. The first-order valence-corrected chi connectivity index (χ1v) is 4.98. The number of hydrogen-bond donors (Lipinski definition) is 4. The quantitative estimate of drug-likeness (QED) is 0.445. The minimum absolute atomic E-state index is 0.0538. The highest BCUT2D eigenvalue weighted by Gasteiger charge is 2.26. The fraction of sp³-hybridized carbons (Fsp3) is 0.667. The molecule has 0 spiro atoms. The average Bonchev–Trinajstić information content (AvgIpc) is 2.64. The fourth-order valence-corrected chi connectivity index (χ4v) is 1.39. The van der Waals surface area contributed by atoms with Crippen LogP contribution >= 0.6 is 0 Å². The van der Waals surface area contributed by atoms with Gasteiger partial charge in [-0.25, -0.2) is 4.79 Å². The second-order valence-electron chi connectivity index (χ2n) is 3.59. The van der Waals surface area contributed by atoms with Crippen LogP contribution in [0.1, 0.15) is 19.3 Å². The third-order valence-corrected chi connectivity index (χ3v) is 2.31. The molecule has 2 amide bonds. The Morgan fingerprint density at radius 2 is 2.25 bits per heavy atom.